The average molecular weight is 278 g/mol. The number of fused-ring (bicyclic) bond motifs is 1. The van der Waals surface area contributed by atoms with Gasteiger partial charge in [-0.1, -0.05) is 19.1 Å². The zero-order valence-electron chi connectivity index (χ0n) is 11.4. The Morgan fingerprint density at radius 1 is 1.53 bits per heavy atom. The van der Waals surface area contributed by atoms with Crippen LogP contribution < -0.4 is 11.5 Å². The van der Waals surface area contributed by atoms with E-state index in [2.05, 4.69) is 16.9 Å². The summed E-state index contributed by atoms with van der Waals surface area (Å²) in [6, 6.07) is 1.96. The smallest absolute Gasteiger partial charge is 0.103 e. The molecule has 2 unspecified atom stereocenters. The third kappa shape index (κ3) is 3.29. The molecule has 0 spiro atoms. The highest BCUT2D eigenvalue weighted by Gasteiger charge is 2.21. The Morgan fingerprint density at radius 3 is 3.00 bits per heavy atom. The number of pyridine rings is 1. The number of hydrogen-bond acceptors (Lipinski definition) is 4. The molecule has 104 valence electrons. The molecule has 2 heterocycles. The number of H-pyrrole nitrogens is 1. The van der Waals surface area contributed by atoms with Gasteiger partial charge in [0.2, 0.25) is 0 Å². The van der Waals surface area contributed by atoms with E-state index in [1.807, 2.05) is 12.3 Å². The molecule has 0 fully saturated rings. The number of aliphatic imine (C=N–C) groups is 1. The molecule has 4 nitrogen and oxygen atoms in total. The Hall–Kier alpha value is -1.04. The van der Waals surface area contributed by atoms with Gasteiger partial charge in [0.15, 0.2) is 0 Å². The maximum atomic E-state index is 6.30. The summed E-state index contributed by atoms with van der Waals surface area (Å²) >= 11 is 5.30. The van der Waals surface area contributed by atoms with E-state index < -0.39 is 0 Å². The molecular weight excluding hydrogens is 256 g/mol. The van der Waals surface area contributed by atoms with Crippen molar-refractivity contribution in [2.75, 3.05) is 6.54 Å². The van der Waals surface area contributed by atoms with Gasteiger partial charge in [0, 0.05) is 12.3 Å². The molecule has 0 aromatic carbocycles. The van der Waals surface area contributed by atoms with Gasteiger partial charge in [-0.2, -0.15) is 0 Å². The third-order valence-corrected chi connectivity index (χ3v) is 3.86. The lowest BCUT2D eigenvalue weighted by Gasteiger charge is -2.16. The Kier molecular flexibility index (Phi) is 4.85. The molecule has 5 heteroatoms. The van der Waals surface area contributed by atoms with E-state index in [1.165, 1.54) is 0 Å². The Morgan fingerprint density at radius 2 is 2.32 bits per heavy atom. The lowest BCUT2D eigenvalue weighted by Crippen LogP contribution is -2.16. The van der Waals surface area contributed by atoms with Gasteiger partial charge >= 0.3 is 0 Å². The molecule has 1 aliphatic heterocycles. The molecule has 2 rings (SSSR count). The lowest BCUT2D eigenvalue weighted by atomic mass is 9.96. The van der Waals surface area contributed by atoms with E-state index in [9.17, 15) is 0 Å². The number of aryl methyl sites for hydroxylation is 1. The van der Waals surface area contributed by atoms with E-state index in [0.717, 1.165) is 47.3 Å². The van der Waals surface area contributed by atoms with Crippen LogP contribution in [0.1, 0.15) is 43.5 Å². The van der Waals surface area contributed by atoms with E-state index >= 15 is 0 Å². The zero-order valence-corrected chi connectivity index (χ0v) is 12.2. The van der Waals surface area contributed by atoms with Gasteiger partial charge in [0.1, 0.15) is 4.64 Å². The fraction of sp³-hybridized carbons (Fsp3) is 0.571. The molecular formula is C14H22N4S. The highest BCUT2D eigenvalue weighted by molar-refractivity contribution is 7.71. The fourth-order valence-electron chi connectivity index (χ4n) is 2.49. The van der Waals surface area contributed by atoms with Crippen LogP contribution in [0.5, 0.6) is 0 Å². The molecule has 0 aliphatic carbocycles. The van der Waals surface area contributed by atoms with Crippen molar-refractivity contribution in [1.29, 1.82) is 0 Å². The quantitative estimate of drug-likeness (QED) is 0.741. The highest BCUT2D eigenvalue weighted by Crippen LogP contribution is 2.33. The first-order chi connectivity index (χ1) is 9.15. The highest BCUT2D eigenvalue weighted by atomic mass is 32.1. The second kappa shape index (κ2) is 6.41. The normalized spacial score (nSPS) is 22.1. The molecule has 5 N–H and O–H groups in total. The fourth-order valence-corrected chi connectivity index (χ4v) is 2.74. The second-order valence-electron chi connectivity index (χ2n) is 5.10. The minimum atomic E-state index is -0.0259. The molecule has 0 saturated heterocycles. The number of rotatable bonds is 4. The number of aromatic amines is 1. The molecule has 0 bridgehead atoms. The molecule has 1 aliphatic rings. The van der Waals surface area contributed by atoms with Crippen LogP contribution in [0, 0.1) is 10.6 Å². The largest absolute Gasteiger partial charge is 0.347 e. The van der Waals surface area contributed by atoms with Gasteiger partial charge in [-0.05, 0) is 49.8 Å². The van der Waals surface area contributed by atoms with Gasteiger partial charge in [0.05, 0.1) is 11.4 Å². The van der Waals surface area contributed by atoms with E-state index in [1.54, 1.807) is 0 Å². The Balaban J connectivity index is 2.45. The summed E-state index contributed by atoms with van der Waals surface area (Å²) in [5, 5.41) is 0. The molecule has 0 radical (unpaired) electrons. The van der Waals surface area contributed by atoms with Crippen LogP contribution in [0.3, 0.4) is 0 Å². The van der Waals surface area contributed by atoms with Crippen molar-refractivity contribution in [3.8, 4) is 0 Å². The van der Waals surface area contributed by atoms with Gasteiger partial charge in [-0.25, -0.2) is 0 Å². The van der Waals surface area contributed by atoms with Crippen molar-refractivity contribution in [3.63, 3.8) is 0 Å². The first kappa shape index (κ1) is 14.4. The van der Waals surface area contributed by atoms with Crippen molar-refractivity contribution in [1.82, 2.24) is 4.98 Å². The zero-order chi connectivity index (χ0) is 13.8. The SMILES string of the molecule is CCC1C=Nc2c(CCCN)cc(=S)[nH]c2C(N)C1. The van der Waals surface area contributed by atoms with E-state index in [4.69, 9.17) is 23.7 Å². The maximum absolute atomic E-state index is 6.30. The van der Waals surface area contributed by atoms with Gasteiger partial charge in [-0.3, -0.25) is 4.99 Å². The van der Waals surface area contributed by atoms with Crippen molar-refractivity contribution < 1.29 is 0 Å². The standard InChI is InChI=1S/C14H22N4S/c1-2-9-6-11(16)14-13(17-8-9)10(4-3-5-15)7-12(19)18-14/h7-9,11H,2-6,15-16H2,1H3,(H,18,19). The first-order valence-corrected chi connectivity index (χ1v) is 7.32. The molecule has 0 saturated carbocycles. The molecule has 2 atom stereocenters. The summed E-state index contributed by atoms with van der Waals surface area (Å²) in [7, 11) is 0. The monoisotopic (exact) mass is 278 g/mol. The molecule has 1 aromatic heterocycles. The Bertz CT molecular complexity index is 521. The summed E-state index contributed by atoms with van der Waals surface area (Å²) in [6.07, 6.45) is 5.85. The van der Waals surface area contributed by atoms with Crippen LogP contribution >= 0.6 is 12.2 Å². The van der Waals surface area contributed by atoms with Gasteiger partial charge in [-0.15, -0.1) is 0 Å². The van der Waals surface area contributed by atoms with Crippen LogP contribution in [-0.4, -0.2) is 17.7 Å². The third-order valence-electron chi connectivity index (χ3n) is 3.64. The minimum absolute atomic E-state index is 0.0259. The van der Waals surface area contributed by atoms with Crippen molar-refractivity contribution in [2.24, 2.45) is 22.4 Å². The summed E-state index contributed by atoms with van der Waals surface area (Å²) in [5.74, 6) is 0.437. The number of nitrogens with one attached hydrogen (secondary N) is 1. The minimum Gasteiger partial charge on any atom is -0.347 e. The van der Waals surface area contributed by atoms with Gasteiger partial charge in [0.25, 0.3) is 0 Å². The van der Waals surface area contributed by atoms with Crippen molar-refractivity contribution in [2.45, 2.75) is 38.6 Å². The number of nitrogens with zero attached hydrogens (tertiary/aromatic N) is 1. The predicted octanol–water partition coefficient (Wildman–Crippen LogP) is 2.77. The number of aromatic nitrogens is 1. The predicted molar refractivity (Wildman–Crippen MR) is 82.5 cm³/mol. The number of nitrogens with two attached hydrogens (primary N) is 2. The van der Waals surface area contributed by atoms with E-state index in [0.29, 0.717) is 12.5 Å². The lowest BCUT2D eigenvalue weighted by molar-refractivity contribution is 0.532. The molecule has 19 heavy (non-hydrogen) atoms. The second-order valence-corrected chi connectivity index (χ2v) is 5.54. The van der Waals surface area contributed by atoms with Crippen LogP contribution in [-0.2, 0) is 6.42 Å². The maximum Gasteiger partial charge on any atom is 0.103 e. The van der Waals surface area contributed by atoms with Crippen LogP contribution in [0.2, 0.25) is 0 Å². The van der Waals surface area contributed by atoms with Crippen LogP contribution in [0.15, 0.2) is 11.1 Å². The molecule has 0 amide bonds. The first-order valence-electron chi connectivity index (χ1n) is 6.91. The topological polar surface area (TPSA) is 80.2 Å². The van der Waals surface area contributed by atoms with Crippen molar-refractivity contribution >= 4 is 24.1 Å². The van der Waals surface area contributed by atoms with Crippen LogP contribution in [0.4, 0.5) is 5.69 Å². The summed E-state index contributed by atoms with van der Waals surface area (Å²) in [6.45, 7) is 2.84. The number of hydrogen-bond donors (Lipinski definition) is 3. The summed E-state index contributed by atoms with van der Waals surface area (Å²) in [5.41, 5.74) is 15.0. The summed E-state index contributed by atoms with van der Waals surface area (Å²) in [4.78, 5) is 7.88. The van der Waals surface area contributed by atoms with Gasteiger partial charge < -0.3 is 16.5 Å². The van der Waals surface area contributed by atoms with E-state index in [-0.39, 0.29) is 6.04 Å². The van der Waals surface area contributed by atoms with Crippen LogP contribution in [0.25, 0.3) is 0 Å². The summed E-state index contributed by atoms with van der Waals surface area (Å²) < 4.78 is 0.728. The Labute approximate surface area is 119 Å². The molecule has 1 aromatic rings. The van der Waals surface area contributed by atoms with Crippen molar-refractivity contribution in [3.05, 3.63) is 22.0 Å². The average Bonchev–Trinajstić information content (AvgIpc) is 2.56.